The summed E-state index contributed by atoms with van der Waals surface area (Å²) in [5.74, 6) is -0.723. The molecule has 0 saturated carbocycles. The second-order valence-corrected chi connectivity index (χ2v) is 8.28. The normalized spacial score (nSPS) is 16.1. The molecule has 9 heteroatoms. The van der Waals surface area contributed by atoms with Gasteiger partial charge in [-0.05, 0) is 40.0 Å². The molecule has 0 aliphatic carbocycles. The van der Waals surface area contributed by atoms with Crippen LogP contribution in [0, 0.1) is 0 Å². The number of ether oxygens (including phenoxy) is 2. The number of piperidine rings is 1. The van der Waals surface area contributed by atoms with E-state index in [9.17, 15) is 14.7 Å². The first-order valence-corrected chi connectivity index (χ1v) is 9.52. The van der Waals surface area contributed by atoms with Crippen molar-refractivity contribution < 1.29 is 24.2 Å². The van der Waals surface area contributed by atoms with E-state index in [2.05, 4.69) is 15.2 Å². The number of rotatable bonds is 6. The Balaban J connectivity index is 2.11. The number of aliphatic carboxylic acids is 1. The number of carbonyl (C=O) groups excluding carboxylic acids is 1. The fourth-order valence-corrected chi connectivity index (χ4v) is 3.80. The van der Waals surface area contributed by atoms with E-state index in [-0.39, 0.29) is 6.42 Å². The molecule has 146 valence electrons. The zero-order chi connectivity index (χ0) is 19.3. The van der Waals surface area contributed by atoms with Crippen molar-refractivity contribution in [2.75, 3.05) is 25.1 Å². The van der Waals surface area contributed by atoms with Crippen LogP contribution in [0.5, 0.6) is 5.88 Å². The molecule has 8 nitrogen and oxygen atoms in total. The van der Waals surface area contributed by atoms with Crippen LogP contribution in [-0.4, -0.2) is 54.0 Å². The van der Waals surface area contributed by atoms with Crippen molar-refractivity contribution in [1.29, 1.82) is 0 Å². The molecule has 26 heavy (non-hydrogen) atoms. The quantitative estimate of drug-likeness (QED) is 0.776. The van der Waals surface area contributed by atoms with Crippen molar-refractivity contribution in [3.05, 3.63) is 4.88 Å². The van der Waals surface area contributed by atoms with E-state index < -0.39 is 23.7 Å². The Morgan fingerprint density at radius 2 is 1.96 bits per heavy atom. The summed E-state index contributed by atoms with van der Waals surface area (Å²) in [7, 11) is 1.51. The van der Waals surface area contributed by atoms with Gasteiger partial charge in [0, 0.05) is 19.5 Å². The van der Waals surface area contributed by atoms with E-state index >= 15 is 0 Å². The smallest absolute Gasteiger partial charge is 0.408 e. The SMILES string of the molecule is COc1nc(N2CCCCC2)sc1CC(NC(=O)OC(C)(C)C)C(=O)O. The van der Waals surface area contributed by atoms with Gasteiger partial charge in [0.25, 0.3) is 0 Å². The molecule has 1 unspecified atom stereocenters. The highest BCUT2D eigenvalue weighted by Crippen LogP contribution is 2.33. The third kappa shape index (κ3) is 5.76. The highest BCUT2D eigenvalue weighted by molar-refractivity contribution is 7.15. The number of aromatic nitrogens is 1. The minimum absolute atomic E-state index is 0.0866. The maximum absolute atomic E-state index is 11.9. The van der Waals surface area contributed by atoms with E-state index in [4.69, 9.17) is 9.47 Å². The lowest BCUT2D eigenvalue weighted by Crippen LogP contribution is -2.44. The van der Waals surface area contributed by atoms with Crippen molar-refractivity contribution in [2.45, 2.75) is 58.1 Å². The van der Waals surface area contributed by atoms with Gasteiger partial charge in [-0.15, -0.1) is 0 Å². The largest absolute Gasteiger partial charge is 0.480 e. The number of thiazole rings is 1. The molecular weight excluding hydrogens is 358 g/mol. The molecule has 1 atom stereocenters. The molecule has 1 aromatic rings. The lowest BCUT2D eigenvalue weighted by molar-refractivity contribution is -0.139. The fourth-order valence-electron chi connectivity index (χ4n) is 2.67. The predicted molar refractivity (Wildman–Crippen MR) is 99.2 cm³/mol. The Morgan fingerprint density at radius 1 is 1.31 bits per heavy atom. The summed E-state index contributed by atoms with van der Waals surface area (Å²) in [5, 5.41) is 12.7. The van der Waals surface area contributed by atoms with E-state index in [1.165, 1.54) is 24.9 Å². The van der Waals surface area contributed by atoms with Gasteiger partial charge in [0.05, 0.1) is 12.0 Å². The maximum atomic E-state index is 11.9. The molecule has 1 saturated heterocycles. The molecule has 1 aromatic heterocycles. The Morgan fingerprint density at radius 3 is 2.50 bits per heavy atom. The van der Waals surface area contributed by atoms with Crippen LogP contribution in [-0.2, 0) is 16.0 Å². The average Bonchev–Trinajstić information content (AvgIpc) is 2.96. The van der Waals surface area contributed by atoms with Gasteiger partial charge in [-0.1, -0.05) is 11.3 Å². The summed E-state index contributed by atoms with van der Waals surface area (Å²) in [6.45, 7) is 7.04. The number of carbonyl (C=O) groups is 2. The van der Waals surface area contributed by atoms with Gasteiger partial charge in [0.2, 0.25) is 5.88 Å². The molecule has 0 bridgehead atoms. The Hall–Kier alpha value is -2.03. The van der Waals surface area contributed by atoms with Crippen molar-refractivity contribution in [3.8, 4) is 5.88 Å². The van der Waals surface area contributed by atoms with Crippen molar-refractivity contribution >= 4 is 28.5 Å². The number of amides is 1. The number of hydrogen-bond donors (Lipinski definition) is 2. The summed E-state index contributed by atoms with van der Waals surface area (Å²) in [5.41, 5.74) is -0.698. The van der Waals surface area contributed by atoms with Crippen LogP contribution in [0.25, 0.3) is 0 Å². The summed E-state index contributed by atoms with van der Waals surface area (Å²) >= 11 is 1.41. The summed E-state index contributed by atoms with van der Waals surface area (Å²) in [4.78, 5) is 30.9. The molecule has 1 aliphatic heterocycles. The second kappa shape index (κ2) is 8.57. The lowest BCUT2D eigenvalue weighted by atomic mass is 10.1. The number of hydrogen-bond acceptors (Lipinski definition) is 7. The van der Waals surface area contributed by atoms with E-state index in [1.807, 2.05) is 0 Å². The number of anilines is 1. The topological polar surface area (TPSA) is 101 Å². The predicted octanol–water partition coefficient (Wildman–Crippen LogP) is 2.66. The first-order chi connectivity index (χ1) is 12.2. The van der Waals surface area contributed by atoms with Crippen molar-refractivity contribution in [1.82, 2.24) is 10.3 Å². The lowest BCUT2D eigenvalue weighted by Gasteiger charge is -2.25. The van der Waals surface area contributed by atoms with Crippen LogP contribution in [0.2, 0.25) is 0 Å². The highest BCUT2D eigenvalue weighted by atomic mass is 32.1. The third-order valence-corrected chi connectivity index (χ3v) is 4.97. The Bertz CT molecular complexity index is 635. The number of nitrogens with one attached hydrogen (secondary N) is 1. The Kier molecular flexibility index (Phi) is 6.69. The highest BCUT2D eigenvalue weighted by Gasteiger charge is 2.27. The summed E-state index contributed by atoms with van der Waals surface area (Å²) in [6, 6.07) is -1.12. The molecule has 2 rings (SSSR count). The number of alkyl carbamates (subject to hydrolysis) is 1. The number of carboxylic acid groups (broad SMARTS) is 1. The molecule has 2 heterocycles. The number of nitrogens with zero attached hydrogens (tertiary/aromatic N) is 2. The van der Waals surface area contributed by atoms with Crippen LogP contribution in [0.15, 0.2) is 0 Å². The molecule has 1 amide bonds. The van der Waals surface area contributed by atoms with Gasteiger partial charge in [0.1, 0.15) is 11.6 Å². The van der Waals surface area contributed by atoms with Gasteiger partial charge in [-0.2, -0.15) is 4.98 Å². The minimum atomic E-state index is -1.13. The summed E-state index contributed by atoms with van der Waals surface area (Å²) in [6.07, 6.45) is 2.78. The molecule has 2 N–H and O–H groups in total. The van der Waals surface area contributed by atoms with Gasteiger partial charge >= 0.3 is 12.1 Å². The first kappa shape index (κ1) is 20.3. The second-order valence-electron chi connectivity index (χ2n) is 7.22. The molecular formula is C17H27N3O5S. The fraction of sp³-hybridized carbons (Fsp3) is 0.706. The minimum Gasteiger partial charge on any atom is -0.480 e. The van der Waals surface area contributed by atoms with Gasteiger partial charge < -0.3 is 24.8 Å². The van der Waals surface area contributed by atoms with Crippen molar-refractivity contribution in [2.24, 2.45) is 0 Å². The van der Waals surface area contributed by atoms with Gasteiger partial charge in [-0.25, -0.2) is 9.59 Å². The molecule has 0 spiro atoms. The standard InChI is InChI=1S/C17H27N3O5S/c1-17(2,3)25-16(23)18-11(14(21)22)10-12-13(24-4)19-15(26-12)20-8-6-5-7-9-20/h11H,5-10H2,1-4H3,(H,18,23)(H,21,22). The van der Waals surface area contributed by atoms with Crippen LogP contribution >= 0.6 is 11.3 Å². The van der Waals surface area contributed by atoms with Crippen LogP contribution < -0.4 is 15.0 Å². The zero-order valence-electron chi connectivity index (χ0n) is 15.7. The van der Waals surface area contributed by atoms with Gasteiger partial charge in [-0.3, -0.25) is 0 Å². The molecule has 0 aromatic carbocycles. The zero-order valence-corrected chi connectivity index (χ0v) is 16.5. The first-order valence-electron chi connectivity index (χ1n) is 8.70. The van der Waals surface area contributed by atoms with Gasteiger partial charge in [0.15, 0.2) is 5.13 Å². The molecule has 1 aliphatic rings. The Labute approximate surface area is 157 Å². The van der Waals surface area contributed by atoms with Crippen LogP contribution in [0.1, 0.15) is 44.9 Å². The van der Waals surface area contributed by atoms with E-state index in [1.54, 1.807) is 20.8 Å². The number of carboxylic acids is 1. The van der Waals surface area contributed by atoms with Crippen LogP contribution in [0.3, 0.4) is 0 Å². The number of methoxy groups -OCH3 is 1. The summed E-state index contributed by atoms with van der Waals surface area (Å²) < 4.78 is 10.5. The van der Waals surface area contributed by atoms with Crippen molar-refractivity contribution in [3.63, 3.8) is 0 Å². The third-order valence-electron chi connectivity index (χ3n) is 3.85. The van der Waals surface area contributed by atoms with E-state index in [0.29, 0.717) is 10.8 Å². The van der Waals surface area contributed by atoms with E-state index in [0.717, 1.165) is 31.1 Å². The maximum Gasteiger partial charge on any atom is 0.408 e. The van der Waals surface area contributed by atoms with Crippen LogP contribution in [0.4, 0.5) is 9.93 Å². The molecule has 1 fully saturated rings. The average molecular weight is 385 g/mol. The monoisotopic (exact) mass is 385 g/mol. The molecule has 0 radical (unpaired) electrons.